The number of nitrogens with zero attached hydrogens (tertiary/aromatic N) is 3. The molecule has 0 unspecified atom stereocenters. The molecule has 0 amide bonds. The first kappa shape index (κ1) is 14.0. The topological polar surface area (TPSA) is 94.1 Å². The molecule has 1 aliphatic heterocycles. The van der Waals surface area contributed by atoms with Crippen molar-refractivity contribution in [3.8, 4) is 11.4 Å². The van der Waals surface area contributed by atoms with E-state index in [-0.39, 0.29) is 28.0 Å². The lowest BCUT2D eigenvalue weighted by Gasteiger charge is -2.18. The van der Waals surface area contributed by atoms with Gasteiger partial charge < -0.3 is 9.84 Å². The number of hydrogen-bond donors (Lipinski definition) is 1. The van der Waals surface area contributed by atoms with Gasteiger partial charge in [-0.05, 0) is 32.0 Å². The molecule has 1 fully saturated rings. The van der Waals surface area contributed by atoms with Crippen molar-refractivity contribution in [2.24, 2.45) is 0 Å². The SMILES string of the molecule is O=[N+]([O-])c1cccc(Cl)c1-c1noc(C2CCNCC2)n1. The summed E-state index contributed by atoms with van der Waals surface area (Å²) in [5.74, 6) is 0.871. The van der Waals surface area contributed by atoms with E-state index >= 15 is 0 Å². The summed E-state index contributed by atoms with van der Waals surface area (Å²) in [5.41, 5.74) is 0.0771. The Hall–Kier alpha value is -1.99. The third-order valence-electron chi connectivity index (χ3n) is 3.54. The largest absolute Gasteiger partial charge is 0.339 e. The lowest BCUT2D eigenvalue weighted by molar-refractivity contribution is -0.384. The number of hydrogen-bond acceptors (Lipinski definition) is 6. The highest BCUT2D eigenvalue weighted by atomic mass is 35.5. The van der Waals surface area contributed by atoms with Gasteiger partial charge in [-0.1, -0.05) is 22.8 Å². The van der Waals surface area contributed by atoms with Gasteiger partial charge in [0.25, 0.3) is 5.69 Å². The zero-order valence-electron chi connectivity index (χ0n) is 11.1. The van der Waals surface area contributed by atoms with E-state index in [0.717, 1.165) is 25.9 Å². The minimum Gasteiger partial charge on any atom is -0.339 e. The fraction of sp³-hybridized carbons (Fsp3) is 0.385. The Morgan fingerprint density at radius 2 is 2.14 bits per heavy atom. The predicted octanol–water partition coefficient (Wildman–Crippen LogP) is 2.77. The maximum Gasteiger partial charge on any atom is 0.282 e. The van der Waals surface area contributed by atoms with E-state index in [0.29, 0.717) is 5.89 Å². The molecule has 0 spiro atoms. The molecule has 7 nitrogen and oxygen atoms in total. The number of piperidine rings is 1. The number of benzene rings is 1. The van der Waals surface area contributed by atoms with E-state index in [2.05, 4.69) is 15.5 Å². The molecule has 2 heterocycles. The Kier molecular flexibility index (Phi) is 3.85. The van der Waals surface area contributed by atoms with Gasteiger partial charge in [0.05, 0.1) is 9.95 Å². The van der Waals surface area contributed by atoms with Gasteiger partial charge >= 0.3 is 0 Å². The number of nitrogens with one attached hydrogen (secondary N) is 1. The number of halogens is 1. The highest BCUT2D eigenvalue weighted by Crippen LogP contribution is 2.35. The summed E-state index contributed by atoms with van der Waals surface area (Å²) in [6.07, 6.45) is 1.82. The standard InChI is InChI=1S/C13H13ClN4O3/c14-9-2-1-3-10(18(19)20)11(9)12-16-13(21-17-12)8-4-6-15-7-5-8/h1-3,8,15H,4-7H2. The van der Waals surface area contributed by atoms with Gasteiger partial charge in [0.2, 0.25) is 11.7 Å². The van der Waals surface area contributed by atoms with Crippen molar-refractivity contribution < 1.29 is 9.45 Å². The monoisotopic (exact) mass is 308 g/mol. The molecule has 2 aromatic rings. The van der Waals surface area contributed by atoms with Gasteiger partial charge in [0.15, 0.2) is 0 Å². The fourth-order valence-electron chi connectivity index (χ4n) is 2.46. The van der Waals surface area contributed by atoms with E-state index in [1.54, 1.807) is 6.07 Å². The Morgan fingerprint density at radius 3 is 2.86 bits per heavy atom. The first-order valence-corrected chi connectivity index (χ1v) is 7.02. The normalized spacial score (nSPS) is 16.0. The second-order valence-corrected chi connectivity index (χ2v) is 5.28. The van der Waals surface area contributed by atoms with Crippen molar-refractivity contribution in [2.45, 2.75) is 18.8 Å². The van der Waals surface area contributed by atoms with Crippen LogP contribution in [-0.2, 0) is 0 Å². The quantitative estimate of drug-likeness (QED) is 0.692. The zero-order chi connectivity index (χ0) is 14.8. The molecule has 0 saturated carbocycles. The van der Waals surface area contributed by atoms with Crippen LogP contribution in [-0.4, -0.2) is 28.2 Å². The van der Waals surface area contributed by atoms with Crippen LogP contribution in [0.5, 0.6) is 0 Å². The summed E-state index contributed by atoms with van der Waals surface area (Å²) in [7, 11) is 0. The molecule has 0 aliphatic carbocycles. The van der Waals surface area contributed by atoms with Crippen LogP contribution < -0.4 is 5.32 Å². The predicted molar refractivity (Wildman–Crippen MR) is 76.2 cm³/mol. The lowest BCUT2D eigenvalue weighted by atomic mass is 9.98. The van der Waals surface area contributed by atoms with Crippen LogP contribution in [0.2, 0.25) is 5.02 Å². The summed E-state index contributed by atoms with van der Waals surface area (Å²) in [6.45, 7) is 1.79. The van der Waals surface area contributed by atoms with Gasteiger partial charge in [-0.25, -0.2) is 0 Å². The van der Waals surface area contributed by atoms with Crippen LogP contribution in [0.3, 0.4) is 0 Å². The third kappa shape index (κ3) is 2.74. The van der Waals surface area contributed by atoms with Gasteiger partial charge in [-0.3, -0.25) is 10.1 Å². The van der Waals surface area contributed by atoms with Crippen LogP contribution in [0, 0.1) is 10.1 Å². The molecule has 21 heavy (non-hydrogen) atoms. The lowest BCUT2D eigenvalue weighted by Crippen LogP contribution is -2.26. The van der Waals surface area contributed by atoms with Crippen LogP contribution in [0.4, 0.5) is 5.69 Å². The molecule has 1 aromatic heterocycles. The molecule has 8 heteroatoms. The number of aromatic nitrogens is 2. The molecule has 0 bridgehead atoms. The molecule has 1 aliphatic rings. The Bertz CT molecular complexity index is 667. The average molecular weight is 309 g/mol. The van der Waals surface area contributed by atoms with Crippen molar-refractivity contribution in [3.05, 3.63) is 39.2 Å². The van der Waals surface area contributed by atoms with Crippen molar-refractivity contribution in [1.29, 1.82) is 0 Å². The molecule has 3 rings (SSSR count). The van der Waals surface area contributed by atoms with Crippen molar-refractivity contribution >= 4 is 17.3 Å². The second-order valence-electron chi connectivity index (χ2n) is 4.87. The number of nitro groups is 1. The van der Waals surface area contributed by atoms with Crippen molar-refractivity contribution in [2.75, 3.05) is 13.1 Å². The summed E-state index contributed by atoms with van der Waals surface area (Å²) in [4.78, 5) is 14.9. The Balaban J connectivity index is 1.98. The van der Waals surface area contributed by atoms with Gasteiger partial charge in [-0.15, -0.1) is 0 Å². The summed E-state index contributed by atoms with van der Waals surface area (Å²) in [5, 5.41) is 18.5. The minimum absolute atomic E-state index is 0.125. The second kappa shape index (κ2) is 5.79. The third-order valence-corrected chi connectivity index (χ3v) is 3.86. The molecular weight excluding hydrogens is 296 g/mol. The first-order valence-electron chi connectivity index (χ1n) is 6.64. The molecule has 0 atom stereocenters. The minimum atomic E-state index is -0.498. The Labute approximate surface area is 125 Å². The van der Waals surface area contributed by atoms with E-state index < -0.39 is 4.92 Å². The molecule has 0 radical (unpaired) electrons. The molecule has 110 valence electrons. The molecule has 1 N–H and O–H groups in total. The van der Waals surface area contributed by atoms with Gasteiger partial charge in [-0.2, -0.15) is 4.98 Å². The zero-order valence-corrected chi connectivity index (χ0v) is 11.8. The number of nitro benzene ring substituents is 1. The average Bonchev–Trinajstić information content (AvgIpc) is 2.97. The van der Waals surface area contributed by atoms with Crippen LogP contribution in [0.25, 0.3) is 11.4 Å². The maximum atomic E-state index is 11.1. The van der Waals surface area contributed by atoms with E-state index in [1.807, 2.05) is 0 Å². The smallest absolute Gasteiger partial charge is 0.282 e. The van der Waals surface area contributed by atoms with E-state index in [1.165, 1.54) is 12.1 Å². The van der Waals surface area contributed by atoms with Gasteiger partial charge in [0.1, 0.15) is 5.56 Å². The Morgan fingerprint density at radius 1 is 1.38 bits per heavy atom. The van der Waals surface area contributed by atoms with E-state index in [4.69, 9.17) is 16.1 Å². The van der Waals surface area contributed by atoms with Crippen molar-refractivity contribution in [3.63, 3.8) is 0 Å². The maximum absolute atomic E-state index is 11.1. The molecule has 1 aromatic carbocycles. The molecule has 1 saturated heterocycles. The van der Waals surface area contributed by atoms with Crippen LogP contribution in [0.15, 0.2) is 22.7 Å². The first-order chi connectivity index (χ1) is 10.2. The van der Waals surface area contributed by atoms with Crippen LogP contribution in [0.1, 0.15) is 24.7 Å². The van der Waals surface area contributed by atoms with Crippen LogP contribution >= 0.6 is 11.6 Å². The fourth-order valence-corrected chi connectivity index (χ4v) is 2.71. The van der Waals surface area contributed by atoms with E-state index in [9.17, 15) is 10.1 Å². The summed E-state index contributed by atoms with van der Waals surface area (Å²) < 4.78 is 5.28. The van der Waals surface area contributed by atoms with Gasteiger partial charge in [0, 0.05) is 12.0 Å². The summed E-state index contributed by atoms with van der Waals surface area (Å²) >= 11 is 6.07. The summed E-state index contributed by atoms with van der Waals surface area (Å²) in [6, 6.07) is 4.48. The number of rotatable bonds is 3. The highest BCUT2D eigenvalue weighted by molar-refractivity contribution is 6.33. The molecular formula is C13H13ClN4O3. The van der Waals surface area contributed by atoms with Crippen molar-refractivity contribution in [1.82, 2.24) is 15.5 Å². The highest BCUT2D eigenvalue weighted by Gasteiger charge is 2.26.